The summed E-state index contributed by atoms with van der Waals surface area (Å²) >= 11 is 0. The van der Waals surface area contributed by atoms with Gasteiger partial charge in [-0.25, -0.2) is 0 Å². The molecule has 100 valence electrons. The predicted molar refractivity (Wildman–Crippen MR) is 81.6 cm³/mol. The molecule has 2 aromatic carbocycles. The van der Waals surface area contributed by atoms with E-state index in [9.17, 15) is 5.26 Å². The summed E-state index contributed by atoms with van der Waals surface area (Å²) in [6.45, 7) is 2.12. The number of fused-ring (bicyclic) bond motifs is 1. The first-order valence-electron chi connectivity index (χ1n) is 6.75. The van der Waals surface area contributed by atoms with Crippen LogP contribution in [-0.2, 0) is 0 Å². The number of aromatic nitrogens is 1. The van der Waals surface area contributed by atoms with Crippen molar-refractivity contribution in [3.63, 3.8) is 0 Å². The molecule has 0 radical (unpaired) electrons. The summed E-state index contributed by atoms with van der Waals surface area (Å²) in [5.74, 6) is 0. The monoisotopic (exact) mass is 271 g/mol. The Morgan fingerprint density at radius 3 is 2.38 bits per heavy atom. The largest absolute Gasteiger partial charge is 0.340 e. The lowest BCUT2D eigenvalue weighted by molar-refractivity contribution is 0.664. The van der Waals surface area contributed by atoms with Gasteiger partial charge in [0.25, 0.3) is 0 Å². The molecule has 3 aromatic rings. The standard InChI is InChI=1S/C18H13N3/c1-13(14-5-3-2-4-6-14)21-10-9-16-17(12-20)15(11-19)7-8-18(16)21/h2-10,13H,1H3. The fourth-order valence-electron chi connectivity index (χ4n) is 2.68. The van der Waals surface area contributed by atoms with E-state index in [0.717, 1.165) is 10.9 Å². The Kier molecular flexibility index (Phi) is 3.18. The van der Waals surface area contributed by atoms with Crippen molar-refractivity contribution in [2.75, 3.05) is 0 Å². The highest BCUT2D eigenvalue weighted by molar-refractivity contribution is 5.88. The maximum atomic E-state index is 9.30. The van der Waals surface area contributed by atoms with Crippen molar-refractivity contribution in [3.05, 3.63) is 71.4 Å². The van der Waals surface area contributed by atoms with Crippen molar-refractivity contribution in [1.82, 2.24) is 4.57 Å². The second-order valence-corrected chi connectivity index (χ2v) is 4.95. The first kappa shape index (κ1) is 13.0. The highest BCUT2D eigenvalue weighted by atomic mass is 15.0. The normalized spacial score (nSPS) is 11.8. The van der Waals surface area contributed by atoms with Crippen molar-refractivity contribution in [2.24, 2.45) is 0 Å². The third-order valence-corrected chi connectivity index (χ3v) is 3.83. The number of hydrogen-bond donors (Lipinski definition) is 0. The molecule has 0 spiro atoms. The number of nitriles is 2. The molecule has 0 fully saturated rings. The Morgan fingerprint density at radius 2 is 1.71 bits per heavy atom. The minimum atomic E-state index is 0.170. The highest BCUT2D eigenvalue weighted by Gasteiger charge is 2.14. The van der Waals surface area contributed by atoms with Gasteiger partial charge in [-0.3, -0.25) is 0 Å². The zero-order valence-corrected chi connectivity index (χ0v) is 11.6. The molecule has 1 heterocycles. The summed E-state index contributed by atoms with van der Waals surface area (Å²) in [4.78, 5) is 0. The van der Waals surface area contributed by atoms with Crippen LogP contribution < -0.4 is 0 Å². The van der Waals surface area contributed by atoms with Crippen LogP contribution in [0.15, 0.2) is 54.7 Å². The lowest BCUT2D eigenvalue weighted by Gasteiger charge is -2.16. The van der Waals surface area contributed by atoms with Crippen LogP contribution in [0.2, 0.25) is 0 Å². The Bertz CT molecular complexity index is 876. The van der Waals surface area contributed by atoms with Gasteiger partial charge in [0, 0.05) is 17.1 Å². The van der Waals surface area contributed by atoms with Crippen molar-refractivity contribution in [1.29, 1.82) is 10.5 Å². The van der Waals surface area contributed by atoms with Gasteiger partial charge in [0.15, 0.2) is 0 Å². The Morgan fingerprint density at radius 1 is 0.952 bits per heavy atom. The molecule has 1 unspecified atom stereocenters. The first-order valence-corrected chi connectivity index (χ1v) is 6.75. The highest BCUT2D eigenvalue weighted by Crippen LogP contribution is 2.28. The van der Waals surface area contributed by atoms with E-state index >= 15 is 0 Å². The smallest absolute Gasteiger partial charge is 0.101 e. The molecule has 0 amide bonds. The summed E-state index contributed by atoms with van der Waals surface area (Å²) < 4.78 is 2.13. The quantitative estimate of drug-likeness (QED) is 0.707. The average molecular weight is 271 g/mol. The van der Waals surface area contributed by atoms with Crippen LogP contribution in [0, 0.1) is 22.7 Å². The molecule has 3 nitrogen and oxygen atoms in total. The lowest BCUT2D eigenvalue weighted by Crippen LogP contribution is -2.05. The third-order valence-electron chi connectivity index (χ3n) is 3.83. The lowest BCUT2D eigenvalue weighted by atomic mass is 10.0. The first-order chi connectivity index (χ1) is 10.3. The summed E-state index contributed by atoms with van der Waals surface area (Å²) in [6, 6.07) is 20.1. The van der Waals surface area contributed by atoms with Crippen LogP contribution >= 0.6 is 0 Å². The zero-order chi connectivity index (χ0) is 14.8. The minimum Gasteiger partial charge on any atom is -0.340 e. The van der Waals surface area contributed by atoms with E-state index in [1.54, 1.807) is 6.07 Å². The van der Waals surface area contributed by atoms with E-state index in [2.05, 4.69) is 35.8 Å². The molecule has 0 N–H and O–H groups in total. The van der Waals surface area contributed by atoms with Crippen LogP contribution in [0.25, 0.3) is 10.9 Å². The summed E-state index contributed by atoms with van der Waals surface area (Å²) in [6.07, 6.45) is 1.98. The Labute approximate surface area is 123 Å². The van der Waals surface area contributed by atoms with E-state index < -0.39 is 0 Å². The minimum absolute atomic E-state index is 0.170. The molecule has 3 rings (SSSR count). The van der Waals surface area contributed by atoms with Crippen molar-refractivity contribution in [3.8, 4) is 12.1 Å². The summed E-state index contributed by atoms with van der Waals surface area (Å²) in [5, 5.41) is 19.2. The van der Waals surface area contributed by atoms with E-state index in [4.69, 9.17) is 5.26 Å². The van der Waals surface area contributed by atoms with Gasteiger partial charge in [-0.1, -0.05) is 30.3 Å². The average Bonchev–Trinajstić information content (AvgIpc) is 2.97. The zero-order valence-electron chi connectivity index (χ0n) is 11.6. The van der Waals surface area contributed by atoms with E-state index in [1.165, 1.54) is 5.56 Å². The molecule has 0 aliphatic rings. The van der Waals surface area contributed by atoms with Crippen molar-refractivity contribution >= 4 is 10.9 Å². The Hall–Kier alpha value is -3.04. The molecular formula is C18H13N3. The molecule has 1 atom stereocenters. The molecule has 3 heteroatoms. The van der Waals surface area contributed by atoms with Crippen molar-refractivity contribution in [2.45, 2.75) is 13.0 Å². The van der Waals surface area contributed by atoms with Crippen LogP contribution in [-0.4, -0.2) is 4.57 Å². The van der Waals surface area contributed by atoms with E-state index in [-0.39, 0.29) is 6.04 Å². The topological polar surface area (TPSA) is 52.5 Å². The van der Waals surface area contributed by atoms with Gasteiger partial charge in [-0.15, -0.1) is 0 Å². The molecule has 1 aromatic heterocycles. The number of hydrogen-bond acceptors (Lipinski definition) is 2. The van der Waals surface area contributed by atoms with Crippen LogP contribution in [0.1, 0.15) is 29.7 Å². The maximum Gasteiger partial charge on any atom is 0.101 e. The van der Waals surface area contributed by atoms with Crippen LogP contribution in [0.5, 0.6) is 0 Å². The second-order valence-electron chi connectivity index (χ2n) is 4.95. The number of benzene rings is 2. The molecule has 0 bridgehead atoms. The van der Waals surface area contributed by atoms with Gasteiger partial charge in [0.1, 0.15) is 12.1 Å². The third kappa shape index (κ3) is 2.06. The molecule has 21 heavy (non-hydrogen) atoms. The number of nitrogens with zero attached hydrogens (tertiary/aromatic N) is 3. The van der Waals surface area contributed by atoms with Crippen molar-refractivity contribution < 1.29 is 0 Å². The predicted octanol–water partition coefficient (Wildman–Crippen LogP) is 3.99. The molecular weight excluding hydrogens is 258 g/mol. The fourth-order valence-corrected chi connectivity index (χ4v) is 2.68. The van der Waals surface area contributed by atoms with Gasteiger partial charge in [0.2, 0.25) is 0 Å². The summed E-state index contributed by atoms with van der Waals surface area (Å²) in [5.41, 5.74) is 3.06. The molecule has 0 saturated heterocycles. The number of rotatable bonds is 2. The van der Waals surface area contributed by atoms with E-state index in [1.807, 2.05) is 36.5 Å². The molecule has 0 aliphatic heterocycles. The fraction of sp³-hybridized carbons (Fsp3) is 0.111. The van der Waals surface area contributed by atoms with Gasteiger partial charge in [0.05, 0.1) is 17.2 Å². The Balaban J connectivity index is 2.19. The van der Waals surface area contributed by atoms with Gasteiger partial charge < -0.3 is 4.57 Å². The van der Waals surface area contributed by atoms with Gasteiger partial charge in [-0.2, -0.15) is 10.5 Å². The maximum absolute atomic E-state index is 9.30. The van der Waals surface area contributed by atoms with E-state index in [0.29, 0.717) is 11.1 Å². The molecule has 0 saturated carbocycles. The van der Waals surface area contributed by atoms with Crippen LogP contribution in [0.4, 0.5) is 0 Å². The van der Waals surface area contributed by atoms with Gasteiger partial charge >= 0.3 is 0 Å². The summed E-state index contributed by atoms with van der Waals surface area (Å²) in [7, 11) is 0. The molecule has 0 aliphatic carbocycles. The van der Waals surface area contributed by atoms with Crippen LogP contribution in [0.3, 0.4) is 0 Å². The van der Waals surface area contributed by atoms with Gasteiger partial charge in [-0.05, 0) is 30.7 Å². The second kappa shape index (κ2) is 5.15. The SMILES string of the molecule is CC(c1ccccc1)n1ccc2c(C#N)c(C#N)ccc21.